The first kappa shape index (κ1) is 31.0. The Balaban J connectivity index is 1.47. The van der Waals surface area contributed by atoms with E-state index in [1.54, 1.807) is 9.80 Å². The fraction of sp³-hybridized carbons (Fsp3) is 0.429. The molecule has 228 valence electrons. The maximum absolute atomic E-state index is 14.2. The van der Waals surface area contributed by atoms with Crippen LogP contribution >= 0.6 is 11.6 Å². The fourth-order valence-corrected chi connectivity index (χ4v) is 6.20. The summed E-state index contributed by atoms with van der Waals surface area (Å²) in [5, 5.41) is 3.81. The molecule has 0 aliphatic carbocycles. The molecular formula is C35H43ClN4O3. The Kier molecular flexibility index (Phi) is 9.75. The first-order chi connectivity index (χ1) is 20.7. The summed E-state index contributed by atoms with van der Waals surface area (Å²) in [5.41, 5.74) is 5.50. The molecule has 7 nitrogen and oxygen atoms in total. The summed E-state index contributed by atoms with van der Waals surface area (Å²) in [7, 11) is 0. The summed E-state index contributed by atoms with van der Waals surface area (Å²) in [4.78, 5) is 33.9. The predicted molar refractivity (Wildman–Crippen MR) is 174 cm³/mol. The standard InChI is InChI=1S/C35H43ClN4O3/c1-5-6-16-39-31-15-13-27(36)22-28(31)33(26-10-8-7-9-11-26)40(34(39)42)24-32(41)37-30-21-25(12-14-29(30)35(2,3)4)23-38-17-19-43-20-18-38/h7-15,21-22,33H,5-6,16-20,23-24H2,1-4H3,(H,37,41). The molecule has 3 aromatic carbocycles. The van der Waals surface area contributed by atoms with Crippen molar-refractivity contribution < 1.29 is 14.3 Å². The fourth-order valence-electron chi connectivity index (χ4n) is 6.02. The van der Waals surface area contributed by atoms with Crippen molar-refractivity contribution in [2.75, 3.05) is 49.6 Å². The first-order valence-corrected chi connectivity index (χ1v) is 15.7. The highest BCUT2D eigenvalue weighted by molar-refractivity contribution is 6.30. The predicted octanol–water partition coefficient (Wildman–Crippen LogP) is 7.24. The molecule has 3 amide bonds. The highest BCUT2D eigenvalue weighted by Gasteiger charge is 2.39. The zero-order chi connectivity index (χ0) is 30.6. The van der Waals surface area contributed by atoms with Gasteiger partial charge in [0.25, 0.3) is 0 Å². The van der Waals surface area contributed by atoms with E-state index in [1.807, 2.05) is 48.5 Å². The number of benzene rings is 3. The van der Waals surface area contributed by atoms with E-state index in [0.29, 0.717) is 11.6 Å². The number of urea groups is 1. The van der Waals surface area contributed by atoms with Crippen molar-refractivity contribution in [1.29, 1.82) is 0 Å². The molecule has 0 bridgehead atoms. The van der Waals surface area contributed by atoms with E-state index in [2.05, 4.69) is 56.1 Å². The number of rotatable bonds is 9. The van der Waals surface area contributed by atoms with Crippen molar-refractivity contribution in [2.45, 2.75) is 58.5 Å². The molecule has 2 aliphatic rings. The van der Waals surface area contributed by atoms with Crippen molar-refractivity contribution >= 4 is 34.9 Å². The third kappa shape index (κ3) is 7.23. The van der Waals surface area contributed by atoms with Gasteiger partial charge >= 0.3 is 6.03 Å². The minimum Gasteiger partial charge on any atom is -0.379 e. The van der Waals surface area contributed by atoms with Gasteiger partial charge < -0.3 is 15.0 Å². The minimum atomic E-state index is -0.444. The molecule has 3 aromatic rings. The number of carbonyl (C=O) groups is 2. The number of halogens is 1. The van der Waals surface area contributed by atoms with E-state index in [4.69, 9.17) is 16.3 Å². The summed E-state index contributed by atoms with van der Waals surface area (Å²) >= 11 is 6.51. The second-order valence-electron chi connectivity index (χ2n) is 12.5. The van der Waals surface area contributed by atoms with Gasteiger partial charge in [-0.15, -0.1) is 0 Å². The smallest absolute Gasteiger partial charge is 0.325 e. The molecule has 1 saturated heterocycles. The van der Waals surface area contributed by atoms with Crippen LogP contribution < -0.4 is 10.2 Å². The molecule has 0 spiro atoms. The number of fused-ring (bicyclic) bond motifs is 1. The van der Waals surface area contributed by atoms with Gasteiger partial charge in [-0.25, -0.2) is 4.79 Å². The third-order valence-corrected chi connectivity index (χ3v) is 8.44. The summed E-state index contributed by atoms with van der Waals surface area (Å²) < 4.78 is 5.52. The van der Waals surface area contributed by atoms with Gasteiger partial charge in [0, 0.05) is 42.5 Å². The van der Waals surface area contributed by atoms with Crippen LogP contribution in [0.15, 0.2) is 66.7 Å². The number of hydrogen-bond donors (Lipinski definition) is 1. The zero-order valence-corrected chi connectivity index (χ0v) is 26.5. The number of ether oxygens (including phenoxy) is 1. The highest BCUT2D eigenvalue weighted by Crippen LogP contribution is 2.42. The Hall–Kier alpha value is -3.39. The van der Waals surface area contributed by atoms with Crippen molar-refractivity contribution in [2.24, 2.45) is 0 Å². The maximum Gasteiger partial charge on any atom is 0.325 e. The zero-order valence-electron chi connectivity index (χ0n) is 25.7. The number of nitrogens with zero attached hydrogens (tertiary/aromatic N) is 3. The lowest BCUT2D eigenvalue weighted by molar-refractivity contribution is -0.117. The number of amides is 3. The molecule has 2 heterocycles. The molecule has 2 aliphatic heterocycles. The van der Waals surface area contributed by atoms with Crippen LogP contribution in [-0.2, 0) is 21.5 Å². The van der Waals surface area contributed by atoms with Crippen LogP contribution in [0.4, 0.5) is 16.2 Å². The maximum atomic E-state index is 14.2. The molecule has 1 atom stereocenters. The van der Waals surface area contributed by atoms with Crippen LogP contribution in [0.1, 0.15) is 68.8 Å². The van der Waals surface area contributed by atoms with Gasteiger partial charge in [0.1, 0.15) is 6.54 Å². The Morgan fingerprint density at radius 2 is 1.77 bits per heavy atom. The lowest BCUT2D eigenvalue weighted by atomic mass is 9.85. The molecular weight excluding hydrogens is 560 g/mol. The molecule has 8 heteroatoms. The molecule has 1 fully saturated rings. The van der Waals surface area contributed by atoms with Gasteiger partial charge in [0.2, 0.25) is 5.91 Å². The van der Waals surface area contributed by atoms with Crippen molar-refractivity contribution in [3.8, 4) is 0 Å². The van der Waals surface area contributed by atoms with Crippen LogP contribution in [0.2, 0.25) is 5.02 Å². The number of carbonyl (C=O) groups excluding carboxylic acids is 2. The monoisotopic (exact) mass is 602 g/mol. The SMILES string of the molecule is CCCCN1C(=O)N(CC(=O)Nc2cc(CN3CCOCC3)ccc2C(C)(C)C)C(c2ccccc2)c2cc(Cl)ccc21. The average Bonchev–Trinajstić information content (AvgIpc) is 2.98. The molecule has 1 unspecified atom stereocenters. The highest BCUT2D eigenvalue weighted by atomic mass is 35.5. The van der Waals surface area contributed by atoms with Crippen LogP contribution in [0.5, 0.6) is 0 Å². The van der Waals surface area contributed by atoms with Crippen LogP contribution in [-0.4, -0.2) is 61.1 Å². The Labute approximate surface area is 260 Å². The van der Waals surface area contributed by atoms with Gasteiger partial charge in [-0.1, -0.05) is 88.2 Å². The van der Waals surface area contributed by atoms with Gasteiger partial charge in [0.05, 0.1) is 24.9 Å². The largest absolute Gasteiger partial charge is 0.379 e. The average molecular weight is 603 g/mol. The van der Waals surface area contributed by atoms with Crippen LogP contribution in [0, 0.1) is 0 Å². The van der Waals surface area contributed by atoms with Gasteiger partial charge in [-0.3, -0.25) is 14.6 Å². The van der Waals surface area contributed by atoms with Crippen molar-refractivity contribution in [1.82, 2.24) is 9.80 Å². The molecule has 43 heavy (non-hydrogen) atoms. The summed E-state index contributed by atoms with van der Waals surface area (Å²) in [6.45, 7) is 13.1. The van der Waals surface area contributed by atoms with Crippen molar-refractivity contribution in [3.63, 3.8) is 0 Å². The van der Waals surface area contributed by atoms with Gasteiger partial charge in [-0.05, 0) is 52.8 Å². The molecule has 1 N–H and O–H groups in total. The second kappa shape index (κ2) is 13.5. The topological polar surface area (TPSA) is 65.1 Å². The number of nitrogens with one attached hydrogen (secondary N) is 1. The lowest BCUT2D eigenvalue weighted by Crippen LogP contribution is -2.52. The lowest BCUT2D eigenvalue weighted by Gasteiger charge is -2.43. The summed E-state index contributed by atoms with van der Waals surface area (Å²) in [6.07, 6.45) is 1.81. The van der Waals surface area contributed by atoms with Gasteiger partial charge in [-0.2, -0.15) is 0 Å². The number of unbranched alkanes of at least 4 members (excludes halogenated alkanes) is 1. The Bertz CT molecular complexity index is 1430. The van der Waals surface area contributed by atoms with Crippen LogP contribution in [0.25, 0.3) is 0 Å². The quantitative estimate of drug-likeness (QED) is 0.280. The van der Waals surface area contributed by atoms with E-state index >= 15 is 0 Å². The number of hydrogen-bond acceptors (Lipinski definition) is 4. The molecule has 0 saturated carbocycles. The van der Waals surface area contributed by atoms with E-state index < -0.39 is 6.04 Å². The summed E-state index contributed by atoms with van der Waals surface area (Å²) in [5.74, 6) is -0.232. The minimum absolute atomic E-state index is 0.0930. The molecule has 0 radical (unpaired) electrons. The Morgan fingerprint density at radius 1 is 1.02 bits per heavy atom. The number of morpholine rings is 1. The molecule has 0 aromatic heterocycles. The van der Waals surface area contributed by atoms with E-state index in [-0.39, 0.29) is 23.9 Å². The van der Waals surface area contributed by atoms with E-state index in [0.717, 1.165) is 79.3 Å². The Morgan fingerprint density at radius 3 is 2.47 bits per heavy atom. The molecule has 5 rings (SSSR count). The second-order valence-corrected chi connectivity index (χ2v) is 12.9. The first-order valence-electron chi connectivity index (χ1n) is 15.3. The number of anilines is 2. The third-order valence-electron chi connectivity index (χ3n) is 8.20. The van der Waals surface area contributed by atoms with Crippen LogP contribution in [0.3, 0.4) is 0 Å². The van der Waals surface area contributed by atoms with Crippen molar-refractivity contribution in [3.05, 3.63) is 94.0 Å². The van der Waals surface area contributed by atoms with Gasteiger partial charge in [0.15, 0.2) is 0 Å². The van der Waals surface area contributed by atoms with E-state index in [1.165, 1.54) is 0 Å². The normalized spacial score (nSPS) is 17.6. The summed E-state index contributed by atoms with van der Waals surface area (Å²) in [6, 6.07) is 21.3. The van der Waals surface area contributed by atoms with E-state index in [9.17, 15) is 9.59 Å².